The van der Waals surface area contributed by atoms with Crippen LogP contribution in [0.5, 0.6) is 0 Å². The Morgan fingerprint density at radius 2 is 1.73 bits per heavy atom. The smallest absolute Gasteiger partial charge is 0.306 e. The average Bonchev–Trinajstić information content (AvgIpc) is 3.32. The minimum Gasteiger partial charge on any atom is -0.456 e. The molecule has 0 saturated carbocycles. The summed E-state index contributed by atoms with van der Waals surface area (Å²) in [6.45, 7) is 3.79. The monoisotopic (exact) mass is 448 g/mol. The van der Waals surface area contributed by atoms with E-state index in [0.29, 0.717) is 17.5 Å². The zero-order valence-electron chi connectivity index (χ0n) is 18.8. The van der Waals surface area contributed by atoms with E-state index in [-0.39, 0.29) is 25.4 Å². The van der Waals surface area contributed by atoms with E-state index in [9.17, 15) is 9.59 Å². The average molecular weight is 449 g/mol. The molecule has 1 saturated heterocycles. The van der Waals surface area contributed by atoms with Crippen molar-refractivity contribution in [2.45, 2.75) is 39.0 Å². The maximum atomic E-state index is 12.1. The molecule has 0 unspecified atom stereocenters. The minimum atomic E-state index is -0.499. The molecule has 0 spiro atoms. The standard InChI is InChI=1S/C25H28N4O4/c1-18-5-7-19(8-6-18)25-28-27-23(33-25)13-14-24(31)32-17-22(30)26-20-9-11-21(12-10-20)29-15-3-2-4-16-29/h5-12H,2-4,13-17H2,1H3,(H,26,30). The molecule has 2 heterocycles. The summed E-state index contributed by atoms with van der Waals surface area (Å²) in [6, 6.07) is 15.5. The third-order valence-electron chi connectivity index (χ3n) is 5.54. The molecule has 33 heavy (non-hydrogen) atoms. The van der Waals surface area contributed by atoms with Gasteiger partial charge in [0, 0.05) is 36.4 Å². The van der Waals surface area contributed by atoms with Crippen molar-refractivity contribution in [2.24, 2.45) is 0 Å². The molecule has 1 N–H and O–H groups in total. The van der Waals surface area contributed by atoms with E-state index in [1.807, 2.05) is 55.5 Å². The molecule has 0 bridgehead atoms. The second-order valence-corrected chi connectivity index (χ2v) is 8.17. The SMILES string of the molecule is Cc1ccc(-c2nnc(CCC(=O)OCC(=O)Nc3ccc(N4CCCCC4)cc3)o2)cc1. The van der Waals surface area contributed by atoms with Gasteiger partial charge in [0.2, 0.25) is 11.8 Å². The van der Waals surface area contributed by atoms with E-state index in [1.165, 1.54) is 19.3 Å². The molecule has 0 radical (unpaired) electrons. The number of amides is 1. The zero-order chi connectivity index (χ0) is 23.0. The first-order valence-electron chi connectivity index (χ1n) is 11.3. The van der Waals surface area contributed by atoms with E-state index in [2.05, 4.69) is 20.4 Å². The van der Waals surface area contributed by atoms with Gasteiger partial charge in [-0.05, 0) is 62.6 Å². The molecule has 1 aliphatic heterocycles. The number of carbonyl (C=O) groups excluding carboxylic acids is 2. The summed E-state index contributed by atoms with van der Waals surface area (Å²) >= 11 is 0. The quantitative estimate of drug-likeness (QED) is 0.517. The van der Waals surface area contributed by atoms with Crippen molar-refractivity contribution in [2.75, 3.05) is 29.9 Å². The van der Waals surface area contributed by atoms with Gasteiger partial charge < -0.3 is 19.4 Å². The third-order valence-corrected chi connectivity index (χ3v) is 5.54. The molecule has 1 fully saturated rings. The lowest BCUT2D eigenvalue weighted by molar-refractivity contribution is -0.147. The number of rotatable bonds is 8. The van der Waals surface area contributed by atoms with Crippen molar-refractivity contribution in [3.8, 4) is 11.5 Å². The molecule has 172 valence electrons. The topological polar surface area (TPSA) is 97.6 Å². The van der Waals surface area contributed by atoms with Gasteiger partial charge in [0.1, 0.15) is 0 Å². The first-order chi connectivity index (χ1) is 16.1. The highest BCUT2D eigenvalue weighted by Gasteiger charge is 2.14. The summed E-state index contributed by atoms with van der Waals surface area (Å²) in [5.74, 6) is -0.126. The predicted octanol–water partition coefficient (Wildman–Crippen LogP) is 4.15. The molecule has 1 amide bonds. The van der Waals surface area contributed by atoms with Gasteiger partial charge in [-0.2, -0.15) is 0 Å². The van der Waals surface area contributed by atoms with Gasteiger partial charge in [-0.1, -0.05) is 17.7 Å². The number of aryl methyl sites for hydroxylation is 2. The maximum absolute atomic E-state index is 12.1. The van der Waals surface area contributed by atoms with Crippen molar-refractivity contribution in [3.63, 3.8) is 0 Å². The second kappa shape index (κ2) is 10.8. The van der Waals surface area contributed by atoms with Gasteiger partial charge in [-0.15, -0.1) is 10.2 Å². The van der Waals surface area contributed by atoms with Crippen LogP contribution in [0.4, 0.5) is 11.4 Å². The van der Waals surface area contributed by atoms with Crippen molar-refractivity contribution in [1.82, 2.24) is 10.2 Å². The first kappa shape index (κ1) is 22.5. The van der Waals surface area contributed by atoms with E-state index in [1.54, 1.807) is 0 Å². The Labute approximate surface area is 193 Å². The van der Waals surface area contributed by atoms with Crippen LogP contribution in [0.2, 0.25) is 0 Å². The maximum Gasteiger partial charge on any atom is 0.306 e. The number of anilines is 2. The fourth-order valence-electron chi connectivity index (χ4n) is 3.70. The largest absolute Gasteiger partial charge is 0.456 e. The highest BCUT2D eigenvalue weighted by atomic mass is 16.5. The Bertz CT molecular complexity index is 1070. The van der Waals surface area contributed by atoms with Gasteiger partial charge in [-0.25, -0.2) is 0 Å². The Morgan fingerprint density at radius 1 is 1.00 bits per heavy atom. The molecule has 1 aliphatic rings. The summed E-state index contributed by atoms with van der Waals surface area (Å²) in [5.41, 5.74) is 3.79. The number of piperidine rings is 1. The molecule has 1 aromatic heterocycles. The van der Waals surface area contributed by atoms with Crippen LogP contribution in [0.3, 0.4) is 0 Å². The van der Waals surface area contributed by atoms with Crippen LogP contribution >= 0.6 is 0 Å². The van der Waals surface area contributed by atoms with Crippen LogP contribution in [0.25, 0.3) is 11.5 Å². The van der Waals surface area contributed by atoms with Crippen LogP contribution in [-0.4, -0.2) is 41.8 Å². The number of aromatic nitrogens is 2. The molecule has 0 aliphatic carbocycles. The van der Waals surface area contributed by atoms with E-state index < -0.39 is 5.97 Å². The van der Waals surface area contributed by atoms with Crippen LogP contribution < -0.4 is 10.2 Å². The first-order valence-corrected chi connectivity index (χ1v) is 11.3. The fourth-order valence-corrected chi connectivity index (χ4v) is 3.70. The molecule has 3 aromatic rings. The van der Waals surface area contributed by atoms with Gasteiger partial charge in [0.25, 0.3) is 5.91 Å². The predicted molar refractivity (Wildman–Crippen MR) is 125 cm³/mol. The fraction of sp³-hybridized carbons (Fsp3) is 0.360. The van der Waals surface area contributed by atoms with Gasteiger partial charge in [0.15, 0.2) is 6.61 Å². The van der Waals surface area contributed by atoms with Crippen molar-refractivity contribution >= 4 is 23.3 Å². The highest BCUT2D eigenvalue weighted by molar-refractivity contribution is 5.92. The third kappa shape index (κ3) is 6.41. The zero-order valence-corrected chi connectivity index (χ0v) is 18.8. The molecule has 4 rings (SSSR count). The van der Waals surface area contributed by atoms with Crippen molar-refractivity contribution in [1.29, 1.82) is 0 Å². The summed E-state index contributed by atoms with van der Waals surface area (Å²) < 4.78 is 10.7. The number of nitrogens with zero attached hydrogens (tertiary/aromatic N) is 3. The van der Waals surface area contributed by atoms with E-state index in [0.717, 1.165) is 29.9 Å². The second-order valence-electron chi connectivity index (χ2n) is 8.17. The molecule has 8 nitrogen and oxygen atoms in total. The molecular formula is C25H28N4O4. The van der Waals surface area contributed by atoms with Crippen LogP contribution in [0.15, 0.2) is 52.9 Å². The lowest BCUT2D eigenvalue weighted by Crippen LogP contribution is -2.29. The molecule has 0 atom stereocenters. The Morgan fingerprint density at radius 3 is 2.45 bits per heavy atom. The van der Waals surface area contributed by atoms with Gasteiger partial charge in [0.05, 0.1) is 6.42 Å². The summed E-state index contributed by atoms with van der Waals surface area (Å²) in [6.07, 6.45) is 4.01. The van der Waals surface area contributed by atoms with Gasteiger partial charge >= 0.3 is 5.97 Å². The normalized spacial score (nSPS) is 13.5. The number of ether oxygens (including phenoxy) is 1. The Balaban J connectivity index is 1.18. The van der Waals surface area contributed by atoms with Crippen LogP contribution in [0.1, 0.15) is 37.1 Å². The number of esters is 1. The summed E-state index contributed by atoms with van der Waals surface area (Å²) in [5, 5.41) is 10.7. The lowest BCUT2D eigenvalue weighted by atomic mass is 10.1. The highest BCUT2D eigenvalue weighted by Crippen LogP contribution is 2.22. The molecular weight excluding hydrogens is 420 g/mol. The molecule has 2 aromatic carbocycles. The lowest BCUT2D eigenvalue weighted by Gasteiger charge is -2.28. The molecule has 8 heteroatoms. The van der Waals surface area contributed by atoms with Crippen LogP contribution in [-0.2, 0) is 20.7 Å². The number of hydrogen-bond acceptors (Lipinski definition) is 7. The Kier molecular flexibility index (Phi) is 7.34. The van der Waals surface area contributed by atoms with Gasteiger partial charge in [-0.3, -0.25) is 9.59 Å². The Hall–Kier alpha value is -3.68. The minimum absolute atomic E-state index is 0.0490. The summed E-state index contributed by atoms with van der Waals surface area (Å²) in [4.78, 5) is 26.5. The number of hydrogen-bond donors (Lipinski definition) is 1. The number of carbonyl (C=O) groups is 2. The van der Waals surface area contributed by atoms with Crippen molar-refractivity contribution in [3.05, 3.63) is 60.0 Å². The van der Waals surface area contributed by atoms with E-state index in [4.69, 9.17) is 9.15 Å². The van der Waals surface area contributed by atoms with E-state index >= 15 is 0 Å². The summed E-state index contributed by atoms with van der Waals surface area (Å²) in [7, 11) is 0. The van der Waals surface area contributed by atoms with Crippen molar-refractivity contribution < 1.29 is 18.7 Å². The number of benzene rings is 2. The number of nitrogens with one attached hydrogen (secondary N) is 1. The van der Waals surface area contributed by atoms with Crippen LogP contribution in [0, 0.1) is 6.92 Å².